The van der Waals surface area contributed by atoms with Crippen LogP contribution in [0.4, 0.5) is 0 Å². The van der Waals surface area contributed by atoms with Crippen molar-refractivity contribution in [2.75, 3.05) is 13.1 Å². The first kappa shape index (κ1) is 14.1. The van der Waals surface area contributed by atoms with Crippen molar-refractivity contribution >= 4 is 27.5 Å². The zero-order valence-corrected chi connectivity index (χ0v) is 13.1. The lowest BCUT2D eigenvalue weighted by atomic mass is 10.3. The Hall–Kier alpha value is -2.54. The summed E-state index contributed by atoms with van der Waals surface area (Å²) in [5.74, 6) is 0.461. The molecule has 1 aromatic carbocycles. The maximum Gasteiger partial charge on any atom is 0.283 e. The summed E-state index contributed by atoms with van der Waals surface area (Å²) in [6, 6.07) is 11.3. The van der Waals surface area contributed by atoms with Crippen LogP contribution >= 0.6 is 11.3 Å². The van der Waals surface area contributed by atoms with Crippen LogP contribution in [0.5, 0.6) is 5.88 Å². The molecule has 1 amide bonds. The number of rotatable bonds is 3. The van der Waals surface area contributed by atoms with Gasteiger partial charge >= 0.3 is 0 Å². The van der Waals surface area contributed by atoms with E-state index in [0.29, 0.717) is 24.0 Å². The van der Waals surface area contributed by atoms with Gasteiger partial charge in [0.1, 0.15) is 6.10 Å². The summed E-state index contributed by atoms with van der Waals surface area (Å²) in [6.07, 6.45) is 2.34. The summed E-state index contributed by atoms with van der Waals surface area (Å²) in [7, 11) is 0. The van der Waals surface area contributed by atoms with Crippen LogP contribution in [0.2, 0.25) is 0 Å². The van der Waals surface area contributed by atoms with Gasteiger partial charge in [-0.1, -0.05) is 12.1 Å². The zero-order chi connectivity index (χ0) is 15.6. The molecule has 0 unspecified atom stereocenters. The normalized spacial score (nSPS) is 17.6. The third-order valence-corrected chi connectivity index (χ3v) is 4.77. The van der Waals surface area contributed by atoms with Gasteiger partial charge in [0.2, 0.25) is 5.88 Å². The molecular weight excluding hydrogens is 312 g/mol. The van der Waals surface area contributed by atoms with E-state index in [2.05, 4.69) is 15.2 Å². The molecule has 7 heteroatoms. The number of nitrogens with zero attached hydrogens (tertiary/aromatic N) is 4. The molecule has 1 aliphatic heterocycles. The standard InChI is InChI=1S/C16H14N4O2S/c21-16(15-18-12-4-1-2-5-13(12)23-15)20-9-7-11(10-20)22-14-6-3-8-17-19-14/h1-6,8,11H,7,9-10H2/t11-/m0/s1. The van der Waals surface area contributed by atoms with Gasteiger partial charge in [-0.3, -0.25) is 4.79 Å². The van der Waals surface area contributed by atoms with Crippen molar-refractivity contribution in [3.8, 4) is 5.88 Å². The lowest BCUT2D eigenvalue weighted by Gasteiger charge is -2.15. The molecule has 1 atom stereocenters. The molecule has 116 valence electrons. The van der Waals surface area contributed by atoms with Gasteiger partial charge in [-0.25, -0.2) is 4.98 Å². The first-order valence-corrected chi connectivity index (χ1v) is 8.20. The number of aromatic nitrogens is 3. The second kappa shape index (κ2) is 5.92. The van der Waals surface area contributed by atoms with Crippen LogP contribution < -0.4 is 4.74 Å². The van der Waals surface area contributed by atoms with E-state index < -0.39 is 0 Å². The summed E-state index contributed by atoms with van der Waals surface area (Å²) in [6.45, 7) is 1.21. The predicted octanol–water partition coefficient (Wildman–Crippen LogP) is 2.38. The SMILES string of the molecule is O=C(c1nc2ccccc2s1)N1CC[C@H](Oc2cccnn2)C1. The molecule has 4 rings (SSSR count). The van der Waals surface area contributed by atoms with Gasteiger partial charge in [-0.2, -0.15) is 5.10 Å². The van der Waals surface area contributed by atoms with Gasteiger partial charge in [0, 0.05) is 25.2 Å². The van der Waals surface area contributed by atoms with Gasteiger partial charge in [0.05, 0.1) is 16.8 Å². The molecule has 3 aromatic rings. The van der Waals surface area contributed by atoms with Gasteiger partial charge in [0.15, 0.2) is 5.01 Å². The molecule has 3 heterocycles. The molecule has 6 nitrogen and oxygen atoms in total. The van der Waals surface area contributed by atoms with Crippen LogP contribution in [0.1, 0.15) is 16.2 Å². The fourth-order valence-corrected chi connectivity index (χ4v) is 3.56. The Balaban J connectivity index is 1.45. The van der Waals surface area contributed by atoms with Crippen molar-refractivity contribution in [1.82, 2.24) is 20.1 Å². The fraction of sp³-hybridized carbons (Fsp3) is 0.250. The number of carbonyl (C=O) groups excluding carboxylic acids is 1. The third kappa shape index (κ3) is 2.87. The monoisotopic (exact) mass is 326 g/mol. The highest BCUT2D eigenvalue weighted by atomic mass is 32.1. The highest BCUT2D eigenvalue weighted by molar-refractivity contribution is 7.20. The minimum atomic E-state index is -0.0509. The lowest BCUT2D eigenvalue weighted by Crippen LogP contribution is -2.30. The number of para-hydroxylation sites is 1. The average molecular weight is 326 g/mol. The molecule has 0 spiro atoms. The van der Waals surface area contributed by atoms with Gasteiger partial charge in [0.25, 0.3) is 5.91 Å². The van der Waals surface area contributed by atoms with Crippen molar-refractivity contribution in [3.63, 3.8) is 0 Å². The summed E-state index contributed by atoms with van der Waals surface area (Å²) in [4.78, 5) is 18.8. The van der Waals surface area contributed by atoms with Crippen molar-refractivity contribution in [2.45, 2.75) is 12.5 Å². The van der Waals surface area contributed by atoms with E-state index >= 15 is 0 Å². The smallest absolute Gasteiger partial charge is 0.283 e. The Morgan fingerprint density at radius 1 is 1.26 bits per heavy atom. The topological polar surface area (TPSA) is 68.2 Å². The third-order valence-electron chi connectivity index (χ3n) is 3.74. The van der Waals surface area contributed by atoms with E-state index in [1.165, 1.54) is 11.3 Å². The van der Waals surface area contributed by atoms with Crippen LogP contribution in [-0.4, -0.2) is 45.2 Å². The van der Waals surface area contributed by atoms with Crippen LogP contribution in [0.15, 0.2) is 42.6 Å². The lowest BCUT2D eigenvalue weighted by molar-refractivity contribution is 0.0771. The van der Waals surface area contributed by atoms with E-state index in [9.17, 15) is 4.79 Å². The van der Waals surface area contributed by atoms with Crippen LogP contribution in [0.25, 0.3) is 10.2 Å². The van der Waals surface area contributed by atoms with Crippen molar-refractivity contribution < 1.29 is 9.53 Å². The van der Waals surface area contributed by atoms with E-state index in [0.717, 1.165) is 16.6 Å². The number of thiazole rings is 1. The summed E-state index contributed by atoms with van der Waals surface area (Å²) >= 11 is 1.43. The maximum atomic E-state index is 12.6. The van der Waals surface area contributed by atoms with E-state index in [1.807, 2.05) is 24.3 Å². The molecule has 0 saturated carbocycles. The van der Waals surface area contributed by atoms with Crippen LogP contribution in [-0.2, 0) is 0 Å². The molecule has 1 saturated heterocycles. The highest BCUT2D eigenvalue weighted by Crippen LogP contribution is 2.24. The molecule has 0 bridgehead atoms. The molecule has 1 aliphatic rings. The van der Waals surface area contributed by atoms with Gasteiger partial charge in [-0.15, -0.1) is 16.4 Å². The molecule has 23 heavy (non-hydrogen) atoms. The number of amides is 1. The molecule has 2 aromatic heterocycles. The number of benzene rings is 1. The number of ether oxygens (including phenoxy) is 1. The second-order valence-electron chi connectivity index (χ2n) is 5.33. The Kier molecular flexibility index (Phi) is 3.63. The Bertz CT molecular complexity index is 803. The number of hydrogen-bond donors (Lipinski definition) is 0. The Labute approximate surface area is 136 Å². The molecule has 0 aliphatic carbocycles. The summed E-state index contributed by atoms with van der Waals surface area (Å²) < 4.78 is 6.80. The fourth-order valence-electron chi connectivity index (χ4n) is 2.63. The highest BCUT2D eigenvalue weighted by Gasteiger charge is 2.30. The second-order valence-corrected chi connectivity index (χ2v) is 6.36. The molecule has 0 N–H and O–H groups in total. The number of hydrogen-bond acceptors (Lipinski definition) is 6. The molecule has 0 radical (unpaired) electrons. The van der Waals surface area contributed by atoms with Crippen LogP contribution in [0.3, 0.4) is 0 Å². The predicted molar refractivity (Wildman–Crippen MR) is 86.6 cm³/mol. The van der Waals surface area contributed by atoms with Crippen molar-refractivity contribution in [3.05, 3.63) is 47.6 Å². The Morgan fingerprint density at radius 2 is 2.17 bits per heavy atom. The summed E-state index contributed by atoms with van der Waals surface area (Å²) in [5.41, 5.74) is 0.868. The van der Waals surface area contributed by atoms with Crippen molar-refractivity contribution in [2.24, 2.45) is 0 Å². The van der Waals surface area contributed by atoms with E-state index in [1.54, 1.807) is 23.2 Å². The number of carbonyl (C=O) groups is 1. The van der Waals surface area contributed by atoms with Gasteiger partial charge in [-0.05, 0) is 18.2 Å². The molecular formula is C16H14N4O2S. The van der Waals surface area contributed by atoms with E-state index in [-0.39, 0.29) is 12.0 Å². The average Bonchev–Trinajstić information content (AvgIpc) is 3.21. The van der Waals surface area contributed by atoms with Crippen molar-refractivity contribution in [1.29, 1.82) is 0 Å². The minimum Gasteiger partial charge on any atom is -0.471 e. The van der Waals surface area contributed by atoms with Crippen LogP contribution in [0, 0.1) is 0 Å². The Morgan fingerprint density at radius 3 is 3.00 bits per heavy atom. The minimum absolute atomic E-state index is 0.0311. The largest absolute Gasteiger partial charge is 0.471 e. The number of fused-ring (bicyclic) bond motifs is 1. The summed E-state index contributed by atoms with van der Waals surface area (Å²) in [5, 5.41) is 8.24. The zero-order valence-electron chi connectivity index (χ0n) is 12.3. The molecule has 1 fully saturated rings. The quantitative estimate of drug-likeness (QED) is 0.739. The van der Waals surface area contributed by atoms with Gasteiger partial charge < -0.3 is 9.64 Å². The maximum absolute atomic E-state index is 12.6. The van der Waals surface area contributed by atoms with E-state index in [4.69, 9.17) is 4.74 Å². The first-order valence-electron chi connectivity index (χ1n) is 7.39. The number of likely N-dealkylation sites (tertiary alicyclic amines) is 1. The first-order chi connectivity index (χ1) is 11.3.